The summed E-state index contributed by atoms with van der Waals surface area (Å²) in [5, 5.41) is 4.10. The molecule has 2 aliphatic rings. The standard InChI is InChI=1S/C21H35N5O2S/c1-3-4-13-25-18(22)17(19(27)24-20(25)28)26(15-10-6-7-11-15)21(29)23-16-12-8-5-9-14(16)2/h14-16H,3-13,22H2,1-2H3,(H,23,29)(H,24,27,28)/t14-,16+/m0/s1. The molecule has 0 unspecified atom stereocenters. The van der Waals surface area contributed by atoms with E-state index >= 15 is 0 Å². The maximum atomic E-state index is 12.9. The van der Waals surface area contributed by atoms with Crippen molar-refractivity contribution >= 4 is 28.8 Å². The van der Waals surface area contributed by atoms with Gasteiger partial charge < -0.3 is 16.0 Å². The molecular formula is C21H35N5O2S. The third kappa shape index (κ3) is 4.85. The number of aromatic amines is 1. The van der Waals surface area contributed by atoms with Gasteiger partial charge in [-0.1, -0.05) is 46.0 Å². The van der Waals surface area contributed by atoms with Crippen molar-refractivity contribution in [2.24, 2.45) is 5.92 Å². The van der Waals surface area contributed by atoms with Gasteiger partial charge in [-0.3, -0.25) is 14.3 Å². The Morgan fingerprint density at radius 2 is 1.86 bits per heavy atom. The molecule has 3 rings (SSSR count). The first-order chi connectivity index (χ1) is 13.9. The molecule has 0 saturated heterocycles. The molecule has 1 heterocycles. The van der Waals surface area contributed by atoms with Gasteiger partial charge in [-0.05, 0) is 50.2 Å². The molecule has 1 aromatic rings. The molecule has 0 aromatic carbocycles. The monoisotopic (exact) mass is 421 g/mol. The van der Waals surface area contributed by atoms with Gasteiger partial charge in [0.05, 0.1) is 0 Å². The predicted molar refractivity (Wildman–Crippen MR) is 123 cm³/mol. The predicted octanol–water partition coefficient (Wildman–Crippen LogP) is 3.12. The highest BCUT2D eigenvalue weighted by Crippen LogP contribution is 2.30. The normalized spacial score (nSPS) is 22.6. The van der Waals surface area contributed by atoms with Crippen LogP contribution in [0.3, 0.4) is 0 Å². The van der Waals surface area contributed by atoms with Gasteiger partial charge in [0.2, 0.25) is 0 Å². The van der Waals surface area contributed by atoms with Crippen LogP contribution >= 0.6 is 12.2 Å². The number of anilines is 2. The van der Waals surface area contributed by atoms with Crippen molar-refractivity contribution in [3.05, 3.63) is 20.8 Å². The Balaban J connectivity index is 1.97. The van der Waals surface area contributed by atoms with Crippen LogP contribution in [0.4, 0.5) is 11.5 Å². The van der Waals surface area contributed by atoms with Gasteiger partial charge in [0.15, 0.2) is 10.8 Å². The third-order valence-corrected chi connectivity index (χ3v) is 6.83. The highest BCUT2D eigenvalue weighted by atomic mass is 32.1. The number of nitrogens with two attached hydrogens (primary N) is 1. The highest BCUT2D eigenvalue weighted by Gasteiger charge is 2.32. The van der Waals surface area contributed by atoms with Crippen LogP contribution in [0.1, 0.15) is 78.1 Å². The van der Waals surface area contributed by atoms with Crippen LogP contribution in [0.25, 0.3) is 0 Å². The zero-order chi connectivity index (χ0) is 21.0. The molecule has 8 heteroatoms. The molecule has 2 fully saturated rings. The average Bonchev–Trinajstić information content (AvgIpc) is 3.20. The van der Waals surface area contributed by atoms with Gasteiger partial charge in [-0.25, -0.2) is 4.79 Å². The fourth-order valence-corrected chi connectivity index (χ4v) is 5.11. The molecule has 4 N–H and O–H groups in total. The van der Waals surface area contributed by atoms with Crippen LogP contribution in [0.2, 0.25) is 0 Å². The first-order valence-corrected chi connectivity index (χ1v) is 11.6. The van der Waals surface area contributed by atoms with Crippen LogP contribution in [-0.4, -0.2) is 26.7 Å². The van der Waals surface area contributed by atoms with Crippen LogP contribution in [-0.2, 0) is 6.54 Å². The van der Waals surface area contributed by atoms with Gasteiger partial charge >= 0.3 is 5.69 Å². The minimum absolute atomic E-state index is 0.134. The Kier molecular flexibility index (Phi) is 7.38. The molecule has 162 valence electrons. The summed E-state index contributed by atoms with van der Waals surface area (Å²) in [6.07, 6.45) is 10.6. The number of H-pyrrole nitrogens is 1. The lowest BCUT2D eigenvalue weighted by Gasteiger charge is -2.37. The minimum atomic E-state index is -0.451. The van der Waals surface area contributed by atoms with Crippen LogP contribution < -0.4 is 27.2 Å². The first-order valence-electron chi connectivity index (χ1n) is 11.2. The Morgan fingerprint density at radius 3 is 2.52 bits per heavy atom. The number of hydrogen-bond donors (Lipinski definition) is 3. The first kappa shape index (κ1) is 21.9. The lowest BCUT2D eigenvalue weighted by molar-refractivity contribution is 0.308. The Hall–Kier alpha value is -1.83. The average molecular weight is 422 g/mol. The van der Waals surface area contributed by atoms with E-state index in [9.17, 15) is 9.59 Å². The number of nitrogens with zero attached hydrogens (tertiary/aromatic N) is 2. The number of unbranched alkanes of at least 4 members (excludes halogenated alkanes) is 1. The zero-order valence-electron chi connectivity index (χ0n) is 17.7. The molecule has 29 heavy (non-hydrogen) atoms. The summed E-state index contributed by atoms with van der Waals surface area (Å²) >= 11 is 5.83. The number of rotatable bonds is 6. The number of aromatic nitrogens is 2. The van der Waals surface area contributed by atoms with Gasteiger partial charge in [0.1, 0.15) is 5.82 Å². The summed E-state index contributed by atoms with van der Waals surface area (Å²) in [5.41, 5.74) is 5.83. The van der Waals surface area contributed by atoms with E-state index in [4.69, 9.17) is 18.0 Å². The van der Waals surface area contributed by atoms with E-state index in [0.717, 1.165) is 44.9 Å². The van der Waals surface area contributed by atoms with Gasteiger partial charge in [0.25, 0.3) is 5.56 Å². The van der Waals surface area contributed by atoms with Crippen LogP contribution in [0.5, 0.6) is 0 Å². The van der Waals surface area contributed by atoms with E-state index in [1.165, 1.54) is 23.8 Å². The molecule has 2 aliphatic carbocycles. The number of nitrogen functional groups attached to an aromatic ring is 1. The van der Waals surface area contributed by atoms with E-state index in [0.29, 0.717) is 29.3 Å². The van der Waals surface area contributed by atoms with Crippen molar-refractivity contribution in [1.82, 2.24) is 14.9 Å². The number of hydrogen-bond acceptors (Lipinski definition) is 4. The van der Waals surface area contributed by atoms with Crippen molar-refractivity contribution < 1.29 is 0 Å². The van der Waals surface area contributed by atoms with E-state index in [1.54, 1.807) is 0 Å². The summed E-state index contributed by atoms with van der Waals surface area (Å²) in [5.74, 6) is 0.765. The number of thiocarbonyl (C=S) groups is 1. The molecule has 7 nitrogen and oxygen atoms in total. The van der Waals surface area contributed by atoms with Crippen molar-refractivity contribution in [2.75, 3.05) is 10.6 Å². The second kappa shape index (κ2) is 9.78. The summed E-state index contributed by atoms with van der Waals surface area (Å²) in [6.45, 7) is 4.80. The molecule has 2 saturated carbocycles. The topological polar surface area (TPSA) is 96.2 Å². The van der Waals surface area contributed by atoms with Crippen molar-refractivity contribution in [2.45, 2.75) is 96.7 Å². The molecule has 0 spiro atoms. The Bertz CT molecular complexity index is 827. The molecular weight excluding hydrogens is 386 g/mol. The van der Waals surface area contributed by atoms with Gasteiger partial charge in [-0.2, -0.15) is 0 Å². The van der Waals surface area contributed by atoms with Gasteiger partial charge in [-0.15, -0.1) is 0 Å². The molecule has 0 amide bonds. The summed E-state index contributed by atoms with van der Waals surface area (Å²) < 4.78 is 1.48. The fourth-order valence-electron chi connectivity index (χ4n) is 4.72. The maximum absolute atomic E-state index is 12.9. The van der Waals surface area contributed by atoms with Gasteiger partial charge in [0, 0.05) is 18.6 Å². The second-order valence-corrected chi connectivity index (χ2v) is 9.01. The van der Waals surface area contributed by atoms with E-state index in [2.05, 4.69) is 24.1 Å². The molecule has 2 atom stereocenters. The number of nitrogens with one attached hydrogen (secondary N) is 2. The highest BCUT2D eigenvalue weighted by molar-refractivity contribution is 7.80. The van der Waals surface area contributed by atoms with Crippen LogP contribution in [0, 0.1) is 5.92 Å². The second-order valence-electron chi connectivity index (χ2n) is 8.62. The Morgan fingerprint density at radius 1 is 1.21 bits per heavy atom. The largest absolute Gasteiger partial charge is 0.383 e. The summed E-state index contributed by atoms with van der Waals surface area (Å²) in [6, 6.07) is 0.445. The molecule has 0 aliphatic heterocycles. The van der Waals surface area contributed by atoms with E-state index in [-0.39, 0.29) is 11.9 Å². The quantitative estimate of drug-likeness (QED) is 0.611. The third-order valence-electron chi connectivity index (χ3n) is 6.52. The van der Waals surface area contributed by atoms with E-state index in [1.807, 2.05) is 4.90 Å². The molecule has 0 bridgehead atoms. The van der Waals surface area contributed by atoms with Crippen LogP contribution in [0.15, 0.2) is 9.59 Å². The maximum Gasteiger partial charge on any atom is 0.330 e. The molecule has 0 radical (unpaired) electrons. The van der Waals surface area contributed by atoms with Crippen molar-refractivity contribution in [3.8, 4) is 0 Å². The molecule has 1 aromatic heterocycles. The van der Waals surface area contributed by atoms with Crippen molar-refractivity contribution in [3.63, 3.8) is 0 Å². The zero-order valence-corrected chi connectivity index (χ0v) is 18.5. The van der Waals surface area contributed by atoms with E-state index < -0.39 is 11.2 Å². The SMILES string of the molecule is CCCCn1c(N)c(N(C(=S)N[C@@H]2CCCC[C@@H]2C)C2CCCC2)c(=O)[nH]c1=O. The summed E-state index contributed by atoms with van der Waals surface area (Å²) in [4.78, 5) is 29.6. The Labute approximate surface area is 178 Å². The lowest BCUT2D eigenvalue weighted by Crippen LogP contribution is -2.53. The van der Waals surface area contributed by atoms with Crippen molar-refractivity contribution in [1.29, 1.82) is 0 Å². The minimum Gasteiger partial charge on any atom is -0.383 e. The summed E-state index contributed by atoms with van der Waals surface area (Å²) in [7, 11) is 0. The smallest absolute Gasteiger partial charge is 0.330 e. The fraction of sp³-hybridized carbons (Fsp3) is 0.762. The lowest BCUT2D eigenvalue weighted by atomic mass is 9.86.